The van der Waals surface area contributed by atoms with Gasteiger partial charge in [-0.3, -0.25) is 0 Å². The van der Waals surface area contributed by atoms with Gasteiger partial charge in [-0.05, 0) is 38.5 Å². The lowest BCUT2D eigenvalue weighted by molar-refractivity contribution is 0.141. The fourth-order valence-electron chi connectivity index (χ4n) is 2.83. The van der Waals surface area contributed by atoms with Gasteiger partial charge in [-0.15, -0.1) is 0 Å². The summed E-state index contributed by atoms with van der Waals surface area (Å²) in [5, 5.41) is 13.4. The second-order valence-electron chi connectivity index (χ2n) is 6.10. The van der Waals surface area contributed by atoms with E-state index in [9.17, 15) is 5.11 Å². The molecule has 1 heterocycles. The first-order chi connectivity index (χ1) is 9.73. The van der Waals surface area contributed by atoms with Gasteiger partial charge in [0.25, 0.3) is 0 Å². The van der Waals surface area contributed by atoms with Crippen molar-refractivity contribution in [2.45, 2.75) is 76.9 Å². The smallest absolute Gasteiger partial charge is 0.108 e. The van der Waals surface area contributed by atoms with Gasteiger partial charge in [0.1, 0.15) is 5.82 Å². The van der Waals surface area contributed by atoms with Crippen LogP contribution >= 0.6 is 0 Å². The van der Waals surface area contributed by atoms with Gasteiger partial charge in [0.2, 0.25) is 0 Å². The summed E-state index contributed by atoms with van der Waals surface area (Å²) in [5.74, 6) is 1.19. The van der Waals surface area contributed by atoms with Crippen molar-refractivity contribution in [3.8, 4) is 0 Å². The molecule has 0 radical (unpaired) electrons. The Morgan fingerprint density at radius 3 is 2.85 bits per heavy atom. The average Bonchev–Trinajstić information content (AvgIpc) is 3.17. The molecule has 4 heteroatoms. The standard InChI is InChI=1S/C16H29N3O/c1-3-6-15-17-10-12-19(15)11-5-9-16(4-2,13-20)18-14-7-8-14/h10,12,14,18,20H,3-9,11,13H2,1-2H3. The van der Waals surface area contributed by atoms with Crippen LogP contribution in [0.1, 0.15) is 58.2 Å². The second kappa shape index (κ2) is 7.23. The van der Waals surface area contributed by atoms with Crippen molar-refractivity contribution in [3.63, 3.8) is 0 Å². The topological polar surface area (TPSA) is 50.1 Å². The zero-order valence-corrected chi connectivity index (χ0v) is 12.9. The number of aliphatic hydroxyl groups is 1. The lowest BCUT2D eigenvalue weighted by atomic mass is 9.91. The van der Waals surface area contributed by atoms with Crippen LogP contribution < -0.4 is 5.32 Å². The molecule has 2 rings (SSSR count). The fourth-order valence-corrected chi connectivity index (χ4v) is 2.83. The highest BCUT2D eigenvalue weighted by atomic mass is 16.3. The number of hydrogen-bond donors (Lipinski definition) is 2. The SMILES string of the molecule is CCCc1nccn1CCCC(CC)(CO)NC1CC1. The molecule has 0 saturated heterocycles. The highest BCUT2D eigenvalue weighted by molar-refractivity contribution is 4.95. The highest BCUT2D eigenvalue weighted by Gasteiger charge is 2.33. The van der Waals surface area contributed by atoms with Crippen LogP contribution in [0.25, 0.3) is 0 Å². The van der Waals surface area contributed by atoms with E-state index in [2.05, 4.69) is 34.9 Å². The molecule has 0 spiro atoms. The first kappa shape index (κ1) is 15.5. The van der Waals surface area contributed by atoms with Gasteiger partial charge in [-0.1, -0.05) is 13.8 Å². The molecule has 1 aliphatic carbocycles. The van der Waals surface area contributed by atoms with Gasteiger partial charge in [-0.25, -0.2) is 4.98 Å². The van der Waals surface area contributed by atoms with Crippen LogP contribution in [0.3, 0.4) is 0 Å². The van der Waals surface area contributed by atoms with Crippen LogP contribution in [-0.4, -0.2) is 32.8 Å². The number of nitrogens with zero attached hydrogens (tertiary/aromatic N) is 2. The van der Waals surface area contributed by atoms with Gasteiger partial charge in [-0.2, -0.15) is 0 Å². The third-order valence-corrected chi connectivity index (χ3v) is 4.40. The summed E-state index contributed by atoms with van der Waals surface area (Å²) in [6, 6.07) is 0.644. The van der Waals surface area contributed by atoms with Crippen LogP contribution in [0.2, 0.25) is 0 Å². The van der Waals surface area contributed by atoms with Crippen molar-refractivity contribution in [1.29, 1.82) is 0 Å². The number of hydrogen-bond acceptors (Lipinski definition) is 3. The number of nitrogens with one attached hydrogen (secondary N) is 1. The molecular formula is C16H29N3O. The van der Waals surface area contributed by atoms with Gasteiger partial charge in [0.05, 0.1) is 6.61 Å². The fraction of sp³-hybridized carbons (Fsp3) is 0.812. The Bertz CT molecular complexity index is 394. The lowest BCUT2D eigenvalue weighted by Crippen LogP contribution is -2.49. The molecular weight excluding hydrogens is 250 g/mol. The van der Waals surface area contributed by atoms with E-state index in [-0.39, 0.29) is 12.1 Å². The maximum absolute atomic E-state index is 9.77. The van der Waals surface area contributed by atoms with Gasteiger partial charge >= 0.3 is 0 Å². The van der Waals surface area contributed by atoms with E-state index in [1.165, 1.54) is 18.7 Å². The second-order valence-corrected chi connectivity index (χ2v) is 6.10. The summed E-state index contributed by atoms with van der Waals surface area (Å²) in [6.45, 7) is 5.60. The van der Waals surface area contributed by atoms with E-state index in [4.69, 9.17) is 0 Å². The molecule has 1 aromatic rings. The van der Waals surface area contributed by atoms with Crippen LogP contribution in [0.4, 0.5) is 0 Å². The van der Waals surface area contributed by atoms with Crippen molar-refractivity contribution in [2.24, 2.45) is 0 Å². The Hall–Kier alpha value is -0.870. The van der Waals surface area contributed by atoms with Crippen molar-refractivity contribution >= 4 is 0 Å². The Balaban J connectivity index is 1.84. The van der Waals surface area contributed by atoms with Crippen LogP contribution in [-0.2, 0) is 13.0 Å². The Morgan fingerprint density at radius 1 is 1.45 bits per heavy atom. The minimum absolute atomic E-state index is 0.0767. The van der Waals surface area contributed by atoms with Crippen LogP contribution in [0.15, 0.2) is 12.4 Å². The van der Waals surface area contributed by atoms with E-state index in [1.54, 1.807) is 0 Å². The van der Waals surface area contributed by atoms with Crippen molar-refractivity contribution < 1.29 is 5.11 Å². The molecule has 114 valence electrons. The van der Waals surface area contributed by atoms with E-state index < -0.39 is 0 Å². The summed E-state index contributed by atoms with van der Waals surface area (Å²) in [7, 11) is 0. The zero-order chi connectivity index (χ0) is 14.4. The molecule has 1 fully saturated rings. The maximum Gasteiger partial charge on any atom is 0.108 e. The number of imidazole rings is 1. The Kier molecular flexibility index (Phi) is 5.61. The molecule has 1 unspecified atom stereocenters. The molecule has 1 aromatic heterocycles. The third-order valence-electron chi connectivity index (χ3n) is 4.40. The number of aryl methyl sites for hydroxylation is 2. The normalized spacial score (nSPS) is 18.1. The molecule has 0 bridgehead atoms. The zero-order valence-electron chi connectivity index (χ0n) is 12.9. The first-order valence-electron chi connectivity index (χ1n) is 8.11. The number of rotatable bonds is 10. The monoisotopic (exact) mass is 279 g/mol. The van der Waals surface area contributed by atoms with Gasteiger partial charge in [0, 0.05) is 36.9 Å². The third kappa shape index (κ3) is 4.06. The minimum atomic E-state index is -0.0767. The van der Waals surface area contributed by atoms with Gasteiger partial charge in [0.15, 0.2) is 0 Å². The highest BCUT2D eigenvalue weighted by Crippen LogP contribution is 2.27. The Morgan fingerprint density at radius 2 is 2.25 bits per heavy atom. The predicted molar refractivity (Wildman–Crippen MR) is 81.7 cm³/mol. The van der Waals surface area contributed by atoms with Crippen molar-refractivity contribution in [1.82, 2.24) is 14.9 Å². The number of aliphatic hydroxyl groups excluding tert-OH is 1. The molecule has 0 aromatic carbocycles. The summed E-state index contributed by atoms with van der Waals surface area (Å²) >= 11 is 0. The Labute approximate surface area is 122 Å². The van der Waals surface area contributed by atoms with Gasteiger partial charge < -0.3 is 15.0 Å². The van der Waals surface area contributed by atoms with E-state index >= 15 is 0 Å². The average molecular weight is 279 g/mol. The molecule has 1 saturated carbocycles. The predicted octanol–water partition coefficient (Wildman–Crippen LogP) is 2.51. The van der Waals surface area contributed by atoms with Crippen LogP contribution in [0.5, 0.6) is 0 Å². The molecule has 0 amide bonds. The first-order valence-corrected chi connectivity index (χ1v) is 8.11. The van der Waals surface area contributed by atoms with E-state index in [0.717, 1.165) is 38.6 Å². The van der Waals surface area contributed by atoms with Crippen molar-refractivity contribution in [3.05, 3.63) is 18.2 Å². The van der Waals surface area contributed by atoms with Crippen molar-refractivity contribution in [2.75, 3.05) is 6.61 Å². The van der Waals surface area contributed by atoms with Crippen LogP contribution in [0, 0.1) is 0 Å². The van der Waals surface area contributed by atoms with E-state index in [1.807, 2.05) is 6.20 Å². The molecule has 0 aliphatic heterocycles. The summed E-state index contributed by atoms with van der Waals surface area (Å²) in [6.07, 6.45) is 11.8. The largest absolute Gasteiger partial charge is 0.394 e. The minimum Gasteiger partial charge on any atom is -0.394 e. The quantitative estimate of drug-likeness (QED) is 0.692. The summed E-state index contributed by atoms with van der Waals surface area (Å²) in [4.78, 5) is 4.42. The molecule has 20 heavy (non-hydrogen) atoms. The summed E-state index contributed by atoms with van der Waals surface area (Å²) < 4.78 is 2.26. The van der Waals surface area contributed by atoms with E-state index in [0.29, 0.717) is 6.04 Å². The summed E-state index contributed by atoms with van der Waals surface area (Å²) in [5.41, 5.74) is -0.0767. The molecule has 2 N–H and O–H groups in total. The number of aromatic nitrogens is 2. The molecule has 4 nitrogen and oxygen atoms in total. The maximum atomic E-state index is 9.77. The lowest BCUT2D eigenvalue weighted by Gasteiger charge is -2.32. The molecule has 1 aliphatic rings. The molecule has 1 atom stereocenters.